The van der Waals surface area contributed by atoms with Crippen LogP contribution in [0, 0.1) is 11.7 Å². The van der Waals surface area contributed by atoms with Gasteiger partial charge in [-0.05, 0) is 17.7 Å². The van der Waals surface area contributed by atoms with Crippen LogP contribution in [-0.2, 0) is 4.84 Å². The molecule has 2 atom stereocenters. The van der Waals surface area contributed by atoms with Crippen LogP contribution < -0.4 is 0 Å². The third-order valence-corrected chi connectivity index (χ3v) is 4.36. The van der Waals surface area contributed by atoms with E-state index in [1.807, 2.05) is 30.3 Å². The summed E-state index contributed by atoms with van der Waals surface area (Å²) in [5.74, 6) is -0.755. The van der Waals surface area contributed by atoms with Crippen molar-refractivity contribution in [3.8, 4) is 0 Å². The maximum absolute atomic E-state index is 13.8. The third-order valence-electron chi connectivity index (χ3n) is 4.36. The van der Waals surface area contributed by atoms with Gasteiger partial charge in [0.05, 0.1) is 23.7 Å². The Morgan fingerprint density at radius 1 is 1.09 bits per heavy atom. The summed E-state index contributed by atoms with van der Waals surface area (Å²) in [5.41, 5.74) is 1.96. The normalized spacial score (nSPS) is 22.5. The van der Waals surface area contributed by atoms with E-state index in [1.165, 1.54) is 12.1 Å². The lowest BCUT2D eigenvalue weighted by atomic mass is 9.95. The summed E-state index contributed by atoms with van der Waals surface area (Å²) in [7, 11) is 0. The molecule has 2 aliphatic rings. The lowest BCUT2D eigenvalue weighted by Gasteiger charge is -2.17. The van der Waals surface area contributed by atoms with Gasteiger partial charge in [-0.25, -0.2) is 4.39 Å². The van der Waals surface area contributed by atoms with Crippen LogP contribution in [0.5, 0.6) is 0 Å². The summed E-state index contributed by atoms with van der Waals surface area (Å²) < 4.78 is 13.8. The summed E-state index contributed by atoms with van der Waals surface area (Å²) in [6, 6.07) is 15.9. The van der Waals surface area contributed by atoms with Crippen molar-refractivity contribution in [1.82, 2.24) is 4.90 Å². The topological polar surface area (TPSA) is 41.9 Å². The van der Waals surface area contributed by atoms with Crippen LogP contribution in [0.3, 0.4) is 0 Å². The Labute approximate surface area is 133 Å². The number of oxime groups is 1. The second-order valence-corrected chi connectivity index (χ2v) is 5.78. The number of hydrogen-bond donors (Lipinski definition) is 0. The summed E-state index contributed by atoms with van der Waals surface area (Å²) in [6.07, 6.45) is -0.152. The molecule has 1 saturated heterocycles. The smallest absolute Gasteiger partial charge is 0.256 e. The van der Waals surface area contributed by atoms with Crippen LogP contribution in [-0.4, -0.2) is 35.7 Å². The SMILES string of the molecule is O=C(c1ccccc1F)N1CC2ON=C(c3ccccc3)C2C1. The third kappa shape index (κ3) is 2.38. The van der Waals surface area contributed by atoms with Gasteiger partial charge in [-0.1, -0.05) is 47.6 Å². The van der Waals surface area contributed by atoms with Crippen molar-refractivity contribution in [2.45, 2.75) is 6.10 Å². The molecule has 0 spiro atoms. The minimum Gasteiger partial charge on any atom is -0.390 e. The van der Waals surface area contributed by atoms with E-state index in [0.717, 1.165) is 11.3 Å². The van der Waals surface area contributed by atoms with E-state index in [4.69, 9.17) is 4.84 Å². The van der Waals surface area contributed by atoms with Crippen molar-refractivity contribution < 1.29 is 14.0 Å². The highest BCUT2D eigenvalue weighted by Crippen LogP contribution is 2.31. The van der Waals surface area contributed by atoms with Crippen LogP contribution in [0.2, 0.25) is 0 Å². The Morgan fingerprint density at radius 3 is 2.61 bits per heavy atom. The van der Waals surface area contributed by atoms with E-state index in [0.29, 0.717) is 13.1 Å². The number of likely N-dealkylation sites (tertiary alicyclic amines) is 1. The maximum Gasteiger partial charge on any atom is 0.256 e. The highest BCUT2D eigenvalue weighted by Gasteiger charge is 2.44. The number of hydrogen-bond acceptors (Lipinski definition) is 3. The molecule has 2 aromatic carbocycles. The summed E-state index contributed by atoms with van der Waals surface area (Å²) in [5, 5.41) is 4.18. The van der Waals surface area contributed by atoms with Gasteiger partial charge in [-0.15, -0.1) is 0 Å². The lowest BCUT2D eigenvalue weighted by Crippen LogP contribution is -2.31. The number of fused-ring (bicyclic) bond motifs is 1. The Balaban J connectivity index is 1.55. The van der Waals surface area contributed by atoms with Gasteiger partial charge in [0.25, 0.3) is 5.91 Å². The number of halogens is 1. The first-order chi connectivity index (χ1) is 11.2. The number of carbonyl (C=O) groups excluding carboxylic acids is 1. The van der Waals surface area contributed by atoms with Gasteiger partial charge in [0, 0.05) is 6.54 Å². The zero-order valence-electron chi connectivity index (χ0n) is 12.4. The van der Waals surface area contributed by atoms with Crippen molar-refractivity contribution in [2.24, 2.45) is 11.1 Å². The standard InChI is InChI=1S/C18H15FN2O2/c19-15-9-5-4-8-13(15)18(22)21-10-14-16(11-21)23-20-17(14)12-6-2-1-3-7-12/h1-9,14,16H,10-11H2. The van der Waals surface area contributed by atoms with Crippen molar-refractivity contribution in [3.63, 3.8) is 0 Å². The predicted molar refractivity (Wildman–Crippen MR) is 83.6 cm³/mol. The summed E-state index contributed by atoms with van der Waals surface area (Å²) in [4.78, 5) is 19.7. The minimum absolute atomic E-state index is 0.0353. The Kier molecular flexibility index (Phi) is 3.33. The van der Waals surface area contributed by atoms with Gasteiger partial charge in [0.2, 0.25) is 0 Å². The van der Waals surface area contributed by atoms with E-state index in [2.05, 4.69) is 5.16 Å². The molecule has 2 heterocycles. The Bertz CT molecular complexity index is 776. The molecule has 1 amide bonds. The van der Waals surface area contributed by atoms with Crippen molar-refractivity contribution in [1.29, 1.82) is 0 Å². The molecule has 2 unspecified atom stereocenters. The van der Waals surface area contributed by atoms with Crippen molar-refractivity contribution >= 4 is 11.6 Å². The van der Waals surface area contributed by atoms with Crippen LogP contribution in [0.15, 0.2) is 59.8 Å². The molecule has 0 N–H and O–H groups in total. The second-order valence-electron chi connectivity index (χ2n) is 5.78. The molecule has 4 nitrogen and oxygen atoms in total. The molecule has 2 aliphatic heterocycles. The first-order valence-electron chi connectivity index (χ1n) is 7.57. The average molecular weight is 310 g/mol. The highest BCUT2D eigenvalue weighted by molar-refractivity contribution is 6.04. The zero-order chi connectivity index (χ0) is 15.8. The van der Waals surface area contributed by atoms with Gasteiger partial charge in [0.1, 0.15) is 5.82 Å². The number of amides is 1. The zero-order valence-corrected chi connectivity index (χ0v) is 12.4. The number of rotatable bonds is 2. The summed E-state index contributed by atoms with van der Waals surface area (Å²) >= 11 is 0. The minimum atomic E-state index is -0.493. The van der Waals surface area contributed by atoms with Gasteiger partial charge in [-0.2, -0.15) is 0 Å². The van der Waals surface area contributed by atoms with Gasteiger partial charge in [0.15, 0.2) is 6.10 Å². The molecule has 4 rings (SSSR count). The molecule has 2 aromatic rings. The highest BCUT2D eigenvalue weighted by atomic mass is 19.1. The fourth-order valence-corrected chi connectivity index (χ4v) is 3.18. The molecule has 1 fully saturated rings. The Hall–Kier alpha value is -2.69. The van der Waals surface area contributed by atoms with E-state index in [1.54, 1.807) is 17.0 Å². The predicted octanol–water partition coefficient (Wildman–Crippen LogP) is 2.70. The van der Waals surface area contributed by atoms with Crippen LogP contribution in [0.4, 0.5) is 4.39 Å². The molecule has 0 aliphatic carbocycles. The molecule has 0 bridgehead atoms. The molecule has 0 aromatic heterocycles. The first kappa shape index (κ1) is 13.9. The second kappa shape index (κ2) is 5.50. The lowest BCUT2D eigenvalue weighted by molar-refractivity contribution is 0.0629. The molecular weight excluding hydrogens is 295 g/mol. The molecule has 23 heavy (non-hydrogen) atoms. The van der Waals surface area contributed by atoms with Gasteiger partial charge in [-0.3, -0.25) is 4.79 Å². The fourth-order valence-electron chi connectivity index (χ4n) is 3.18. The number of carbonyl (C=O) groups is 1. The quantitative estimate of drug-likeness (QED) is 0.856. The van der Waals surface area contributed by atoms with Crippen LogP contribution >= 0.6 is 0 Å². The van der Waals surface area contributed by atoms with Crippen LogP contribution in [0.25, 0.3) is 0 Å². The van der Waals surface area contributed by atoms with E-state index in [9.17, 15) is 9.18 Å². The number of nitrogens with zero attached hydrogens (tertiary/aromatic N) is 2. The molecule has 0 saturated carbocycles. The molecule has 0 radical (unpaired) electrons. The molecular formula is C18H15FN2O2. The average Bonchev–Trinajstić information content (AvgIpc) is 3.16. The monoisotopic (exact) mass is 310 g/mol. The first-order valence-corrected chi connectivity index (χ1v) is 7.57. The fraction of sp³-hybridized carbons (Fsp3) is 0.222. The van der Waals surface area contributed by atoms with Gasteiger partial charge < -0.3 is 9.74 Å². The van der Waals surface area contributed by atoms with E-state index in [-0.39, 0.29) is 23.5 Å². The van der Waals surface area contributed by atoms with E-state index < -0.39 is 5.82 Å². The molecule has 5 heteroatoms. The van der Waals surface area contributed by atoms with E-state index >= 15 is 0 Å². The maximum atomic E-state index is 13.8. The number of benzene rings is 2. The van der Waals surface area contributed by atoms with Gasteiger partial charge >= 0.3 is 0 Å². The summed E-state index contributed by atoms with van der Waals surface area (Å²) in [6.45, 7) is 0.920. The van der Waals surface area contributed by atoms with Crippen molar-refractivity contribution in [3.05, 3.63) is 71.5 Å². The van der Waals surface area contributed by atoms with Crippen molar-refractivity contribution in [2.75, 3.05) is 13.1 Å². The molecule has 116 valence electrons. The van der Waals surface area contributed by atoms with Crippen LogP contribution in [0.1, 0.15) is 15.9 Å². The Morgan fingerprint density at radius 2 is 1.83 bits per heavy atom. The largest absolute Gasteiger partial charge is 0.390 e.